The number of aromatic nitrogens is 4. The van der Waals surface area contributed by atoms with Gasteiger partial charge in [0, 0.05) is 56.8 Å². The summed E-state index contributed by atoms with van der Waals surface area (Å²) in [6.45, 7) is 4.33. The Morgan fingerprint density at radius 1 is 1.00 bits per heavy atom. The van der Waals surface area contributed by atoms with E-state index in [0.717, 1.165) is 31.0 Å². The highest BCUT2D eigenvalue weighted by Gasteiger charge is 2.32. The monoisotopic (exact) mass is 472 g/mol. The van der Waals surface area contributed by atoms with Crippen molar-refractivity contribution in [2.75, 3.05) is 31.1 Å². The highest BCUT2D eigenvalue weighted by atomic mass is 19.4. The number of amides is 1. The second-order valence-electron chi connectivity index (χ2n) is 8.07. The number of hydrogen-bond donors (Lipinski definition) is 0. The minimum Gasteiger partial charge on any atom is -0.367 e. The number of nitrogens with zero attached hydrogens (tertiary/aromatic N) is 6. The molecule has 0 spiro atoms. The number of piperazine rings is 1. The number of alkyl halides is 3. The van der Waals surface area contributed by atoms with Gasteiger partial charge in [-0.05, 0) is 29.8 Å². The number of carbonyl (C=O) groups is 2. The van der Waals surface area contributed by atoms with Crippen LogP contribution in [0.15, 0.2) is 49.1 Å². The molecule has 0 aromatic carbocycles. The van der Waals surface area contributed by atoms with E-state index >= 15 is 0 Å². The molecule has 4 heterocycles. The molecule has 1 amide bonds. The van der Waals surface area contributed by atoms with E-state index in [2.05, 4.69) is 20.0 Å². The lowest BCUT2D eigenvalue weighted by atomic mass is 10.1. The summed E-state index contributed by atoms with van der Waals surface area (Å²) < 4.78 is 40.1. The SMILES string of the molecule is CC(=O)N1CCN(c2ccc(CC(=O)Cn3cc(-c4ccnc(C(F)(F)F)c4)cn3)nc2)CC1. The van der Waals surface area contributed by atoms with Gasteiger partial charge in [0.2, 0.25) is 5.91 Å². The third-order valence-electron chi connectivity index (χ3n) is 5.63. The quantitative estimate of drug-likeness (QED) is 0.549. The maximum absolute atomic E-state index is 12.9. The van der Waals surface area contributed by atoms with Crippen molar-refractivity contribution in [1.82, 2.24) is 24.6 Å². The van der Waals surface area contributed by atoms with Crippen LogP contribution in [-0.2, 0) is 28.7 Å². The van der Waals surface area contributed by atoms with Gasteiger partial charge in [-0.2, -0.15) is 18.3 Å². The molecular formula is C23H23F3N6O2. The average molecular weight is 472 g/mol. The lowest BCUT2D eigenvalue weighted by Crippen LogP contribution is -2.48. The third kappa shape index (κ3) is 5.59. The summed E-state index contributed by atoms with van der Waals surface area (Å²) in [7, 11) is 0. The second-order valence-corrected chi connectivity index (χ2v) is 8.07. The number of pyridine rings is 2. The number of hydrogen-bond acceptors (Lipinski definition) is 6. The molecular weight excluding hydrogens is 449 g/mol. The van der Waals surface area contributed by atoms with E-state index < -0.39 is 11.9 Å². The normalized spacial score (nSPS) is 14.4. The number of Topliss-reactive ketones (excluding diaryl/α,β-unsaturated/α-hetero) is 1. The molecule has 11 heteroatoms. The van der Waals surface area contributed by atoms with Crippen molar-refractivity contribution >= 4 is 17.4 Å². The van der Waals surface area contributed by atoms with E-state index in [-0.39, 0.29) is 24.7 Å². The van der Waals surface area contributed by atoms with Crippen molar-refractivity contribution in [1.29, 1.82) is 0 Å². The highest BCUT2D eigenvalue weighted by molar-refractivity contribution is 5.80. The van der Waals surface area contributed by atoms with Crippen molar-refractivity contribution in [3.8, 4) is 11.1 Å². The largest absolute Gasteiger partial charge is 0.433 e. The molecule has 0 unspecified atom stereocenters. The fourth-order valence-corrected chi connectivity index (χ4v) is 3.79. The molecule has 8 nitrogen and oxygen atoms in total. The maximum Gasteiger partial charge on any atom is 0.433 e. The van der Waals surface area contributed by atoms with E-state index in [1.54, 1.807) is 19.2 Å². The predicted molar refractivity (Wildman–Crippen MR) is 118 cm³/mol. The standard InChI is InChI=1S/C23H23F3N6O2/c1-16(33)30-6-8-31(9-7-30)20-3-2-19(28-13-20)11-21(34)15-32-14-18(12-29-32)17-4-5-27-22(10-17)23(24,25)26/h2-5,10,12-14H,6-9,11,15H2,1H3. The second kappa shape index (κ2) is 9.62. The van der Waals surface area contributed by atoms with Gasteiger partial charge in [0.05, 0.1) is 31.0 Å². The Hall–Kier alpha value is -3.76. The molecule has 1 aliphatic heterocycles. The van der Waals surface area contributed by atoms with Gasteiger partial charge < -0.3 is 9.80 Å². The van der Waals surface area contributed by atoms with Crippen LogP contribution in [0.25, 0.3) is 11.1 Å². The van der Waals surface area contributed by atoms with Crippen LogP contribution in [0.5, 0.6) is 0 Å². The molecule has 0 aliphatic carbocycles. The van der Waals surface area contributed by atoms with Crippen LogP contribution in [0.1, 0.15) is 18.3 Å². The number of ketones is 1. The Bertz CT molecular complexity index is 1170. The fraction of sp³-hybridized carbons (Fsp3) is 0.348. The van der Waals surface area contributed by atoms with Crippen LogP contribution in [-0.4, -0.2) is 62.5 Å². The van der Waals surface area contributed by atoms with E-state index in [1.807, 2.05) is 11.0 Å². The number of anilines is 1. The summed E-state index contributed by atoms with van der Waals surface area (Å²) in [4.78, 5) is 35.6. The molecule has 0 atom stereocenters. The van der Waals surface area contributed by atoms with Crippen molar-refractivity contribution < 1.29 is 22.8 Å². The van der Waals surface area contributed by atoms with Crippen molar-refractivity contribution in [3.05, 3.63) is 60.4 Å². The highest BCUT2D eigenvalue weighted by Crippen LogP contribution is 2.30. The molecule has 3 aromatic heterocycles. The fourth-order valence-electron chi connectivity index (χ4n) is 3.79. The van der Waals surface area contributed by atoms with Crippen molar-refractivity contribution in [3.63, 3.8) is 0 Å². The first-order valence-electron chi connectivity index (χ1n) is 10.7. The zero-order valence-electron chi connectivity index (χ0n) is 18.5. The molecule has 0 radical (unpaired) electrons. The molecule has 34 heavy (non-hydrogen) atoms. The third-order valence-corrected chi connectivity index (χ3v) is 5.63. The lowest BCUT2D eigenvalue weighted by molar-refractivity contribution is -0.141. The topological polar surface area (TPSA) is 84.2 Å². The van der Waals surface area contributed by atoms with Crippen LogP contribution in [0.2, 0.25) is 0 Å². The molecule has 0 bridgehead atoms. The number of rotatable bonds is 6. The summed E-state index contributed by atoms with van der Waals surface area (Å²) in [5, 5.41) is 4.10. The van der Waals surface area contributed by atoms with Gasteiger partial charge in [0.1, 0.15) is 5.69 Å². The smallest absolute Gasteiger partial charge is 0.367 e. The summed E-state index contributed by atoms with van der Waals surface area (Å²) in [6, 6.07) is 6.12. The summed E-state index contributed by atoms with van der Waals surface area (Å²) in [5.74, 6) is -0.0570. The molecule has 4 rings (SSSR count). The Kier molecular flexibility index (Phi) is 6.62. The van der Waals surface area contributed by atoms with Crippen molar-refractivity contribution in [2.24, 2.45) is 0 Å². The minimum atomic E-state index is -4.53. The molecule has 178 valence electrons. The molecule has 3 aromatic rings. The minimum absolute atomic E-state index is 0.0202. The Balaban J connectivity index is 1.33. The predicted octanol–water partition coefficient (Wildman–Crippen LogP) is 2.84. The lowest BCUT2D eigenvalue weighted by Gasteiger charge is -2.35. The van der Waals surface area contributed by atoms with Crippen molar-refractivity contribution in [2.45, 2.75) is 26.1 Å². The molecule has 0 saturated carbocycles. The first-order valence-corrected chi connectivity index (χ1v) is 10.7. The van der Waals surface area contributed by atoms with Gasteiger partial charge in [-0.25, -0.2) is 0 Å². The number of halogens is 3. The van der Waals surface area contributed by atoms with Crippen LogP contribution < -0.4 is 4.90 Å². The van der Waals surface area contributed by atoms with Crippen LogP contribution >= 0.6 is 0 Å². The number of carbonyl (C=O) groups excluding carboxylic acids is 2. The van der Waals surface area contributed by atoms with E-state index in [1.165, 1.54) is 23.1 Å². The Morgan fingerprint density at radius 2 is 1.76 bits per heavy atom. The van der Waals surface area contributed by atoms with Gasteiger partial charge in [0.25, 0.3) is 0 Å². The first-order chi connectivity index (χ1) is 16.2. The van der Waals surface area contributed by atoms with Gasteiger partial charge >= 0.3 is 6.18 Å². The molecule has 1 saturated heterocycles. The van der Waals surface area contributed by atoms with Crippen LogP contribution in [0.4, 0.5) is 18.9 Å². The van der Waals surface area contributed by atoms with Crippen LogP contribution in [0.3, 0.4) is 0 Å². The molecule has 0 N–H and O–H groups in total. The van der Waals surface area contributed by atoms with Crippen LogP contribution in [0, 0.1) is 0 Å². The van der Waals surface area contributed by atoms with Gasteiger partial charge in [-0.15, -0.1) is 0 Å². The summed E-state index contributed by atoms with van der Waals surface area (Å²) in [5.41, 5.74) is 1.36. The van der Waals surface area contributed by atoms with E-state index in [4.69, 9.17) is 0 Å². The van der Waals surface area contributed by atoms with Gasteiger partial charge in [0.15, 0.2) is 5.78 Å². The summed E-state index contributed by atoms with van der Waals surface area (Å²) >= 11 is 0. The zero-order chi connectivity index (χ0) is 24.3. The zero-order valence-corrected chi connectivity index (χ0v) is 18.5. The molecule has 1 fully saturated rings. The molecule has 1 aliphatic rings. The Labute approximate surface area is 194 Å². The Morgan fingerprint density at radius 3 is 2.41 bits per heavy atom. The summed E-state index contributed by atoms with van der Waals surface area (Å²) in [6.07, 6.45) is 1.35. The first kappa shape index (κ1) is 23.4. The maximum atomic E-state index is 12.9. The van der Waals surface area contributed by atoms with Gasteiger partial charge in [-0.3, -0.25) is 24.2 Å². The van der Waals surface area contributed by atoms with E-state index in [9.17, 15) is 22.8 Å². The average Bonchev–Trinajstić information content (AvgIpc) is 3.27. The van der Waals surface area contributed by atoms with E-state index in [0.29, 0.717) is 29.9 Å². The van der Waals surface area contributed by atoms with Gasteiger partial charge in [-0.1, -0.05) is 0 Å².